The first-order valence-electron chi connectivity index (χ1n) is 11.1. The molecule has 1 N–H and O–H groups in total. The van der Waals surface area contributed by atoms with Crippen molar-refractivity contribution in [2.45, 2.75) is 26.8 Å². The Labute approximate surface area is 184 Å². The van der Waals surface area contributed by atoms with Gasteiger partial charge in [-0.05, 0) is 38.1 Å². The molecule has 0 saturated carbocycles. The maximum absolute atomic E-state index is 13.1. The van der Waals surface area contributed by atoms with Crippen molar-refractivity contribution in [3.05, 3.63) is 41.1 Å². The summed E-state index contributed by atoms with van der Waals surface area (Å²) in [4.78, 5) is 32.5. The van der Waals surface area contributed by atoms with Crippen molar-refractivity contribution in [3.63, 3.8) is 0 Å². The van der Waals surface area contributed by atoms with Crippen LogP contribution in [0, 0.1) is 0 Å². The van der Waals surface area contributed by atoms with Gasteiger partial charge in [-0.1, -0.05) is 19.1 Å². The Kier molecular flexibility index (Phi) is 7.92. The van der Waals surface area contributed by atoms with E-state index in [2.05, 4.69) is 22.0 Å². The Balaban J connectivity index is 2.02. The molecule has 170 valence electrons. The van der Waals surface area contributed by atoms with Gasteiger partial charge in [0.05, 0.1) is 25.3 Å². The van der Waals surface area contributed by atoms with Crippen LogP contribution >= 0.6 is 0 Å². The average Bonchev–Trinajstić information content (AvgIpc) is 2.79. The van der Waals surface area contributed by atoms with Gasteiger partial charge in [0.2, 0.25) is 0 Å². The van der Waals surface area contributed by atoms with Crippen LogP contribution in [-0.2, 0) is 9.53 Å². The topological polar surface area (TPSA) is 74.4 Å². The summed E-state index contributed by atoms with van der Waals surface area (Å²) >= 11 is 0. The lowest BCUT2D eigenvalue weighted by Crippen LogP contribution is -2.53. The monoisotopic (exact) mass is 430 g/mol. The van der Waals surface area contributed by atoms with E-state index in [1.165, 1.54) is 0 Å². The van der Waals surface area contributed by atoms with Crippen LogP contribution in [-0.4, -0.2) is 86.2 Å². The Hall–Kier alpha value is -2.58. The average molecular weight is 431 g/mol. The molecule has 2 heterocycles. The molecule has 31 heavy (non-hydrogen) atoms. The molecule has 0 spiro atoms. The summed E-state index contributed by atoms with van der Waals surface area (Å²) in [6.07, 6.45) is 0. The third-order valence-electron chi connectivity index (χ3n) is 5.96. The number of likely N-dealkylation sites (N-methyl/N-ethyl adjacent to an activating group) is 2. The van der Waals surface area contributed by atoms with Crippen molar-refractivity contribution in [2.75, 3.05) is 59.5 Å². The van der Waals surface area contributed by atoms with Gasteiger partial charge >= 0.3 is 12.0 Å². The lowest BCUT2D eigenvalue weighted by molar-refractivity contribution is -0.139. The second kappa shape index (κ2) is 10.6. The normalized spacial score (nSPS) is 20.6. The molecule has 1 aromatic rings. The highest BCUT2D eigenvalue weighted by Crippen LogP contribution is 2.33. The number of nitrogens with one attached hydrogen (secondary N) is 1. The maximum atomic E-state index is 13.1. The molecule has 1 saturated heterocycles. The smallest absolute Gasteiger partial charge is 0.338 e. The molecule has 2 amide bonds. The zero-order valence-electron chi connectivity index (χ0n) is 19.0. The predicted octanol–water partition coefficient (Wildman–Crippen LogP) is 2.24. The summed E-state index contributed by atoms with van der Waals surface area (Å²) in [5, 5.41) is 3.00. The lowest BCUT2D eigenvalue weighted by Gasteiger charge is -2.40. The highest BCUT2D eigenvalue weighted by molar-refractivity contribution is 5.95. The first-order chi connectivity index (χ1) is 15.0. The summed E-state index contributed by atoms with van der Waals surface area (Å²) in [5.41, 5.74) is 2.01. The summed E-state index contributed by atoms with van der Waals surface area (Å²) in [6, 6.07) is 6.66. The minimum absolute atomic E-state index is 0.203. The summed E-state index contributed by atoms with van der Waals surface area (Å²) in [6.45, 7) is 12.0. The van der Waals surface area contributed by atoms with Gasteiger partial charge in [-0.3, -0.25) is 9.80 Å². The van der Waals surface area contributed by atoms with Crippen LogP contribution < -0.4 is 10.1 Å². The largest absolute Gasteiger partial charge is 0.497 e. The van der Waals surface area contributed by atoms with Crippen molar-refractivity contribution in [2.24, 2.45) is 0 Å². The Morgan fingerprint density at radius 1 is 1.10 bits per heavy atom. The molecule has 0 bridgehead atoms. The van der Waals surface area contributed by atoms with E-state index >= 15 is 0 Å². The van der Waals surface area contributed by atoms with Gasteiger partial charge in [0.1, 0.15) is 5.75 Å². The third kappa shape index (κ3) is 5.19. The van der Waals surface area contributed by atoms with E-state index in [1.54, 1.807) is 18.9 Å². The second-order valence-electron chi connectivity index (χ2n) is 7.69. The van der Waals surface area contributed by atoms with Gasteiger partial charge in [0.25, 0.3) is 0 Å². The van der Waals surface area contributed by atoms with Crippen LogP contribution in [0.5, 0.6) is 5.75 Å². The Morgan fingerprint density at radius 3 is 2.42 bits per heavy atom. The fraction of sp³-hybridized carbons (Fsp3) is 0.565. The number of amides is 2. The molecule has 1 unspecified atom stereocenters. The third-order valence-corrected chi connectivity index (χ3v) is 5.96. The number of nitrogens with zero attached hydrogens (tertiary/aromatic N) is 3. The van der Waals surface area contributed by atoms with Crippen molar-refractivity contribution < 1.29 is 19.1 Å². The molecule has 1 fully saturated rings. The Bertz CT molecular complexity index is 818. The van der Waals surface area contributed by atoms with Gasteiger partial charge in [-0.25, -0.2) is 9.59 Å². The number of methoxy groups -OCH3 is 1. The van der Waals surface area contributed by atoms with Gasteiger partial charge < -0.3 is 19.7 Å². The van der Waals surface area contributed by atoms with E-state index in [4.69, 9.17) is 9.47 Å². The SMILES string of the molecule is CCOC(=O)C1=C(CN2CCN(CC)CC2)N(CC)C(=O)NC1c1cccc(OC)c1. The number of carbonyl (C=O) groups excluding carboxylic acids is 2. The number of ether oxygens (including phenoxy) is 2. The maximum Gasteiger partial charge on any atom is 0.338 e. The predicted molar refractivity (Wildman–Crippen MR) is 119 cm³/mol. The molecule has 0 aliphatic carbocycles. The number of benzene rings is 1. The van der Waals surface area contributed by atoms with Crippen molar-refractivity contribution in [1.29, 1.82) is 0 Å². The number of hydrogen-bond acceptors (Lipinski definition) is 6. The highest BCUT2D eigenvalue weighted by atomic mass is 16.5. The van der Waals surface area contributed by atoms with Crippen LogP contribution in [0.2, 0.25) is 0 Å². The molecule has 0 aromatic heterocycles. The molecule has 1 atom stereocenters. The second-order valence-corrected chi connectivity index (χ2v) is 7.69. The first-order valence-corrected chi connectivity index (χ1v) is 11.1. The van der Waals surface area contributed by atoms with Crippen LogP contribution in [0.4, 0.5) is 4.79 Å². The quantitative estimate of drug-likeness (QED) is 0.638. The van der Waals surface area contributed by atoms with Crippen LogP contribution in [0.15, 0.2) is 35.5 Å². The van der Waals surface area contributed by atoms with Gasteiger partial charge in [0, 0.05) is 45.0 Å². The summed E-state index contributed by atoms with van der Waals surface area (Å²) < 4.78 is 10.8. The standard InChI is InChI=1S/C23H34N4O4/c1-5-25-11-13-26(14-12-25)16-19-20(22(28)31-7-3)21(24-23(29)27(19)6-2)17-9-8-10-18(15-17)30-4/h8-10,15,21H,5-7,11-14,16H2,1-4H3,(H,24,29). The van der Waals surface area contributed by atoms with Gasteiger partial charge in [-0.15, -0.1) is 0 Å². The number of hydrogen-bond donors (Lipinski definition) is 1. The summed E-state index contributed by atoms with van der Waals surface area (Å²) in [5.74, 6) is 0.279. The van der Waals surface area contributed by atoms with Crippen LogP contribution in [0.25, 0.3) is 0 Å². The highest BCUT2D eigenvalue weighted by Gasteiger charge is 2.38. The van der Waals surface area contributed by atoms with Crippen LogP contribution in [0.1, 0.15) is 32.4 Å². The molecular formula is C23H34N4O4. The number of piperazine rings is 1. The number of urea groups is 1. The Morgan fingerprint density at radius 2 is 1.81 bits per heavy atom. The minimum Gasteiger partial charge on any atom is -0.497 e. The fourth-order valence-electron chi connectivity index (χ4n) is 4.20. The number of carbonyl (C=O) groups is 2. The molecule has 3 rings (SSSR count). The van der Waals surface area contributed by atoms with Gasteiger partial charge in [0.15, 0.2) is 0 Å². The van der Waals surface area contributed by atoms with E-state index in [0.717, 1.165) is 44.0 Å². The zero-order chi connectivity index (χ0) is 22.4. The van der Waals surface area contributed by atoms with Gasteiger partial charge in [-0.2, -0.15) is 0 Å². The van der Waals surface area contributed by atoms with E-state index < -0.39 is 12.0 Å². The molecule has 8 nitrogen and oxygen atoms in total. The molecule has 8 heteroatoms. The van der Waals surface area contributed by atoms with E-state index in [9.17, 15) is 9.59 Å². The van der Waals surface area contributed by atoms with E-state index in [1.807, 2.05) is 31.2 Å². The number of esters is 1. The van der Waals surface area contributed by atoms with Crippen molar-refractivity contribution in [3.8, 4) is 5.75 Å². The first kappa shape index (κ1) is 23.1. The van der Waals surface area contributed by atoms with Crippen LogP contribution in [0.3, 0.4) is 0 Å². The molecule has 1 aromatic carbocycles. The van der Waals surface area contributed by atoms with E-state index in [-0.39, 0.29) is 12.6 Å². The number of rotatable bonds is 8. The fourth-order valence-corrected chi connectivity index (χ4v) is 4.20. The lowest BCUT2D eigenvalue weighted by atomic mass is 9.94. The summed E-state index contributed by atoms with van der Waals surface area (Å²) in [7, 11) is 1.60. The van der Waals surface area contributed by atoms with Crippen molar-refractivity contribution >= 4 is 12.0 Å². The zero-order valence-corrected chi connectivity index (χ0v) is 19.0. The van der Waals surface area contributed by atoms with Crippen molar-refractivity contribution in [1.82, 2.24) is 20.0 Å². The molecule has 2 aliphatic rings. The van der Waals surface area contributed by atoms with E-state index in [0.29, 0.717) is 24.4 Å². The molecular weight excluding hydrogens is 396 g/mol. The minimum atomic E-state index is -0.587. The molecule has 2 aliphatic heterocycles. The molecule has 0 radical (unpaired) electrons.